The zero-order valence-corrected chi connectivity index (χ0v) is 11.6. The number of aromatic hydroxyl groups is 1. The van der Waals surface area contributed by atoms with E-state index in [0.29, 0.717) is 5.75 Å². The van der Waals surface area contributed by atoms with Crippen molar-refractivity contribution in [1.29, 1.82) is 0 Å². The molecule has 0 bridgehead atoms. The fraction of sp³-hybridized carbons (Fsp3) is 0.0556. The van der Waals surface area contributed by atoms with E-state index in [-0.39, 0.29) is 0 Å². The van der Waals surface area contributed by atoms with Gasteiger partial charge in [-0.1, -0.05) is 12.1 Å². The summed E-state index contributed by atoms with van der Waals surface area (Å²) < 4.78 is 7.32. The maximum absolute atomic E-state index is 9.98. The lowest BCUT2D eigenvalue weighted by Gasteiger charge is -2.04. The molecule has 2 aromatic carbocycles. The molecule has 1 N–H and O–H groups in total. The second-order valence-electron chi connectivity index (χ2n) is 5.11. The number of aromatic nitrogens is 1. The highest BCUT2D eigenvalue weighted by atomic mass is 16.5. The van der Waals surface area contributed by atoms with Gasteiger partial charge in [0, 0.05) is 12.1 Å². The van der Waals surface area contributed by atoms with Crippen LogP contribution < -0.4 is 9.14 Å². The van der Waals surface area contributed by atoms with Crippen LogP contribution in [0.3, 0.4) is 0 Å². The van der Waals surface area contributed by atoms with Gasteiger partial charge in [0.2, 0.25) is 5.52 Å². The summed E-state index contributed by atoms with van der Waals surface area (Å²) in [7, 11) is 1.67. The number of hydrogen-bond donors (Lipinski definition) is 1. The van der Waals surface area contributed by atoms with Crippen LogP contribution in [0.2, 0.25) is 0 Å². The molecule has 0 saturated heterocycles. The highest BCUT2D eigenvalue weighted by Crippen LogP contribution is 2.27. The Morgan fingerprint density at radius 1 is 0.952 bits per heavy atom. The molecule has 0 saturated carbocycles. The van der Waals surface area contributed by atoms with Gasteiger partial charge < -0.3 is 9.84 Å². The molecule has 2 heterocycles. The van der Waals surface area contributed by atoms with E-state index >= 15 is 0 Å². The molecule has 0 amide bonds. The first-order valence-corrected chi connectivity index (χ1v) is 6.80. The van der Waals surface area contributed by atoms with Crippen LogP contribution in [0.5, 0.6) is 11.5 Å². The summed E-state index contributed by atoms with van der Waals surface area (Å²) in [4.78, 5) is 0. The summed E-state index contributed by atoms with van der Waals surface area (Å²) in [5, 5.41) is 14.1. The van der Waals surface area contributed by atoms with Gasteiger partial charge in [0.1, 0.15) is 11.5 Å². The fourth-order valence-corrected chi connectivity index (χ4v) is 2.81. The molecular formula is C18H14NO2+. The SMILES string of the molecule is COc1ccc2c(cc[n+]3cc4c(O)cccc4cc23)c1. The number of hydrogen-bond acceptors (Lipinski definition) is 2. The molecule has 0 aliphatic heterocycles. The molecule has 3 heteroatoms. The molecule has 0 radical (unpaired) electrons. The monoisotopic (exact) mass is 276 g/mol. The van der Waals surface area contributed by atoms with Crippen molar-refractivity contribution in [2.75, 3.05) is 7.11 Å². The minimum Gasteiger partial charge on any atom is -0.507 e. The molecule has 0 fully saturated rings. The third kappa shape index (κ3) is 1.78. The Hall–Kier alpha value is -2.81. The average molecular weight is 276 g/mol. The van der Waals surface area contributed by atoms with Gasteiger partial charge in [-0.15, -0.1) is 0 Å². The predicted molar refractivity (Wildman–Crippen MR) is 82.8 cm³/mol. The van der Waals surface area contributed by atoms with Crippen LogP contribution in [0.15, 0.2) is 60.9 Å². The van der Waals surface area contributed by atoms with Crippen molar-refractivity contribution < 1.29 is 14.2 Å². The molecule has 0 unspecified atom stereocenters. The fourth-order valence-electron chi connectivity index (χ4n) is 2.81. The maximum atomic E-state index is 9.98. The Balaban J connectivity index is 2.15. The lowest BCUT2D eigenvalue weighted by Crippen LogP contribution is -2.20. The number of phenols is 1. The second kappa shape index (κ2) is 4.35. The Morgan fingerprint density at radius 2 is 1.81 bits per heavy atom. The van der Waals surface area contributed by atoms with Crippen LogP contribution >= 0.6 is 0 Å². The van der Waals surface area contributed by atoms with E-state index in [4.69, 9.17) is 4.74 Å². The molecule has 0 aliphatic carbocycles. The van der Waals surface area contributed by atoms with Gasteiger partial charge in [-0.2, -0.15) is 4.40 Å². The predicted octanol–water partition coefficient (Wildman–Crippen LogP) is 3.45. The van der Waals surface area contributed by atoms with Crippen LogP contribution in [0.25, 0.3) is 27.1 Å². The van der Waals surface area contributed by atoms with Crippen molar-refractivity contribution in [3.63, 3.8) is 0 Å². The van der Waals surface area contributed by atoms with Crippen molar-refractivity contribution in [1.82, 2.24) is 0 Å². The normalized spacial score (nSPS) is 11.3. The summed E-state index contributed by atoms with van der Waals surface area (Å²) in [6.45, 7) is 0. The summed E-state index contributed by atoms with van der Waals surface area (Å²) in [5.41, 5.74) is 1.10. The van der Waals surface area contributed by atoms with Crippen LogP contribution in [0.4, 0.5) is 0 Å². The van der Waals surface area contributed by atoms with E-state index in [9.17, 15) is 5.11 Å². The Kier molecular flexibility index (Phi) is 2.48. The highest BCUT2D eigenvalue weighted by Gasteiger charge is 2.12. The molecule has 4 aromatic rings. The Bertz CT molecular complexity index is 992. The molecule has 0 spiro atoms. The first-order chi connectivity index (χ1) is 10.3. The molecular weight excluding hydrogens is 262 g/mol. The lowest BCUT2D eigenvalue weighted by molar-refractivity contribution is -0.509. The van der Waals surface area contributed by atoms with E-state index in [1.807, 2.05) is 41.1 Å². The zero-order chi connectivity index (χ0) is 14.4. The summed E-state index contributed by atoms with van der Waals surface area (Å²) in [5.74, 6) is 1.15. The van der Waals surface area contributed by atoms with E-state index < -0.39 is 0 Å². The number of nitrogens with zero attached hydrogens (tertiary/aromatic N) is 1. The molecule has 2 aromatic heterocycles. The van der Waals surface area contributed by atoms with Crippen molar-refractivity contribution in [2.24, 2.45) is 0 Å². The molecule has 0 aliphatic rings. The highest BCUT2D eigenvalue weighted by molar-refractivity contribution is 5.98. The van der Waals surface area contributed by atoms with Gasteiger partial charge in [0.15, 0.2) is 12.4 Å². The number of methoxy groups -OCH3 is 1. The first-order valence-electron chi connectivity index (χ1n) is 6.80. The molecule has 3 nitrogen and oxygen atoms in total. The maximum Gasteiger partial charge on any atom is 0.219 e. The summed E-state index contributed by atoms with van der Waals surface area (Å²) in [6, 6.07) is 15.8. The smallest absolute Gasteiger partial charge is 0.219 e. The average Bonchev–Trinajstić information content (AvgIpc) is 2.53. The minimum atomic E-state index is 0.303. The largest absolute Gasteiger partial charge is 0.507 e. The Morgan fingerprint density at radius 3 is 2.67 bits per heavy atom. The topological polar surface area (TPSA) is 33.6 Å². The summed E-state index contributed by atoms with van der Waals surface area (Å²) >= 11 is 0. The van der Waals surface area contributed by atoms with E-state index in [0.717, 1.165) is 32.8 Å². The van der Waals surface area contributed by atoms with Crippen LogP contribution in [-0.2, 0) is 0 Å². The van der Waals surface area contributed by atoms with Gasteiger partial charge in [-0.05, 0) is 35.0 Å². The van der Waals surface area contributed by atoms with Crippen LogP contribution in [0.1, 0.15) is 0 Å². The van der Waals surface area contributed by atoms with E-state index in [1.165, 1.54) is 0 Å². The van der Waals surface area contributed by atoms with Gasteiger partial charge >= 0.3 is 0 Å². The van der Waals surface area contributed by atoms with E-state index in [2.05, 4.69) is 18.2 Å². The van der Waals surface area contributed by atoms with Crippen molar-refractivity contribution in [2.45, 2.75) is 0 Å². The minimum absolute atomic E-state index is 0.303. The zero-order valence-electron chi connectivity index (χ0n) is 11.6. The van der Waals surface area contributed by atoms with Crippen molar-refractivity contribution >= 4 is 27.1 Å². The number of pyridine rings is 2. The lowest BCUT2D eigenvalue weighted by atomic mass is 10.1. The number of rotatable bonds is 1. The van der Waals surface area contributed by atoms with Crippen LogP contribution in [0, 0.1) is 0 Å². The van der Waals surface area contributed by atoms with E-state index in [1.54, 1.807) is 13.2 Å². The summed E-state index contributed by atoms with van der Waals surface area (Å²) in [6.07, 6.45) is 3.96. The first kappa shape index (κ1) is 12.0. The number of benzene rings is 2. The van der Waals surface area contributed by atoms with Crippen molar-refractivity contribution in [3.8, 4) is 11.5 Å². The van der Waals surface area contributed by atoms with Crippen LogP contribution in [-0.4, -0.2) is 12.2 Å². The van der Waals surface area contributed by atoms with Gasteiger partial charge in [-0.25, -0.2) is 0 Å². The van der Waals surface area contributed by atoms with Gasteiger partial charge in [0.25, 0.3) is 0 Å². The van der Waals surface area contributed by atoms with Gasteiger partial charge in [-0.3, -0.25) is 0 Å². The molecule has 4 rings (SSSR count). The quantitative estimate of drug-likeness (QED) is 0.328. The van der Waals surface area contributed by atoms with Crippen molar-refractivity contribution in [3.05, 3.63) is 60.9 Å². The third-order valence-electron chi connectivity index (χ3n) is 3.90. The van der Waals surface area contributed by atoms with Gasteiger partial charge in [0.05, 0.1) is 17.9 Å². The molecule has 102 valence electrons. The number of ether oxygens (including phenoxy) is 1. The molecule has 0 atom stereocenters. The Labute approximate surface area is 121 Å². The second-order valence-corrected chi connectivity index (χ2v) is 5.11. The standard InChI is InChI=1S/C18H13NO2/c1-21-14-5-6-15-13(9-14)7-8-19-11-16-12(10-17(15)19)3-2-4-18(16)20/h2-11H,1H3/p+1. The molecule has 21 heavy (non-hydrogen) atoms. The number of phenolic OH excluding ortho intramolecular Hbond substituents is 1. The third-order valence-corrected chi connectivity index (χ3v) is 3.90. The number of fused-ring (bicyclic) bond motifs is 4.